The lowest BCUT2D eigenvalue weighted by Gasteiger charge is -2.42. The fraction of sp³-hybridized carbons (Fsp3) is 0.267. The Morgan fingerprint density at radius 1 is 0.917 bits per heavy atom. The summed E-state index contributed by atoms with van der Waals surface area (Å²) in [5.41, 5.74) is 4.19. The normalized spacial score (nSPS) is 27.4. The molecule has 0 bridgehead atoms. The summed E-state index contributed by atoms with van der Waals surface area (Å²) in [7, 11) is 0. The van der Waals surface area contributed by atoms with Crippen molar-refractivity contribution in [2.45, 2.75) is 32.6 Å². The Morgan fingerprint density at radius 2 is 1.67 bits per heavy atom. The fourth-order valence-corrected chi connectivity index (χ4v) is 6.45. The Labute approximate surface area is 208 Å². The van der Waals surface area contributed by atoms with E-state index in [1.165, 1.54) is 11.0 Å². The summed E-state index contributed by atoms with van der Waals surface area (Å²) in [6.45, 7) is 3.43. The van der Waals surface area contributed by atoms with Gasteiger partial charge in [-0.2, -0.15) is 0 Å². The molecular weight excluding hydrogens is 454 g/mol. The molecule has 4 aliphatic rings. The molecule has 180 valence electrons. The first-order valence-electron chi connectivity index (χ1n) is 12.2. The van der Waals surface area contributed by atoms with Gasteiger partial charge in [-0.1, -0.05) is 42.0 Å². The molecule has 2 aromatic rings. The largest absolute Gasteiger partial charge is 0.508 e. The van der Waals surface area contributed by atoms with Crippen LogP contribution in [0.4, 0.5) is 5.69 Å². The number of hydrogen-bond donors (Lipinski definition) is 1. The third kappa shape index (κ3) is 3.10. The number of Topliss-reactive ketones (excluding diaryl/α,β-unsaturated/α-hetero) is 1. The summed E-state index contributed by atoms with van der Waals surface area (Å²) in [5, 5.41) is 10.1. The molecule has 0 spiro atoms. The SMILES string of the molecule is CC1=CC(=O)C2=C(CC3C(=CCC4C(=O)N(c5ccccc5)C(=O)C43)C2c2ccc(O)c(C)c2)C1=O. The summed E-state index contributed by atoms with van der Waals surface area (Å²) in [5.74, 6) is -2.66. The lowest BCUT2D eigenvalue weighted by atomic mass is 9.59. The number of aryl methyl sites for hydroxylation is 1. The van der Waals surface area contributed by atoms with Crippen LogP contribution in [0.2, 0.25) is 0 Å². The standard InChI is InChI=1S/C30H25NO5/c1-15-12-17(8-11-23(15)32)25-19-9-10-20-26(30(36)31(29(20)35)18-6-4-3-5-7-18)21(19)14-22-27(25)24(33)13-16(2)28(22)34/h3-9,11-13,20-21,25-26,32H,10,14H2,1-2H3. The van der Waals surface area contributed by atoms with Gasteiger partial charge >= 0.3 is 0 Å². The van der Waals surface area contributed by atoms with Crippen LogP contribution in [-0.4, -0.2) is 28.5 Å². The minimum atomic E-state index is -0.596. The maximum atomic E-state index is 13.8. The van der Waals surface area contributed by atoms with Crippen molar-refractivity contribution in [3.8, 4) is 5.75 Å². The average Bonchev–Trinajstić information content (AvgIpc) is 3.13. The van der Waals surface area contributed by atoms with Crippen molar-refractivity contribution in [2.75, 3.05) is 4.90 Å². The highest BCUT2D eigenvalue weighted by Gasteiger charge is 2.56. The van der Waals surface area contributed by atoms with Crippen molar-refractivity contribution in [1.29, 1.82) is 0 Å². The van der Waals surface area contributed by atoms with Crippen molar-refractivity contribution in [1.82, 2.24) is 0 Å². The van der Waals surface area contributed by atoms with Crippen molar-refractivity contribution in [3.05, 3.63) is 94.1 Å². The minimum Gasteiger partial charge on any atom is -0.508 e. The van der Waals surface area contributed by atoms with Gasteiger partial charge in [0.05, 0.1) is 17.5 Å². The van der Waals surface area contributed by atoms with E-state index in [0.29, 0.717) is 34.4 Å². The van der Waals surface area contributed by atoms with Gasteiger partial charge in [-0.3, -0.25) is 24.1 Å². The van der Waals surface area contributed by atoms with Gasteiger partial charge in [0.1, 0.15) is 5.75 Å². The molecule has 1 heterocycles. The Kier molecular flexibility index (Phi) is 4.97. The Balaban J connectivity index is 1.50. The van der Waals surface area contributed by atoms with E-state index in [-0.39, 0.29) is 41.5 Å². The van der Waals surface area contributed by atoms with Crippen LogP contribution in [0.5, 0.6) is 5.75 Å². The number of carbonyl (C=O) groups excluding carboxylic acids is 4. The Hall–Kier alpha value is -4.06. The number of phenols is 1. The molecule has 4 atom stereocenters. The van der Waals surface area contributed by atoms with Crippen molar-refractivity contribution in [3.63, 3.8) is 0 Å². The van der Waals surface area contributed by atoms with Gasteiger partial charge < -0.3 is 5.11 Å². The molecule has 6 nitrogen and oxygen atoms in total. The van der Waals surface area contributed by atoms with E-state index >= 15 is 0 Å². The zero-order valence-corrected chi connectivity index (χ0v) is 20.0. The lowest BCUT2D eigenvalue weighted by molar-refractivity contribution is -0.123. The van der Waals surface area contributed by atoms with E-state index in [1.807, 2.05) is 18.2 Å². The molecule has 0 radical (unpaired) electrons. The van der Waals surface area contributed by atoms with Crippen LogP contribution in [0.25, 0.3) is 0 Å². The number of imide groups is 1. The molecule has 0 saturated carbocycles. The van der Waals surface area contributed by atoms with Crippen molar-refractivity contribution < 1.29 is 24.3 Å². The molecule has 36 heavy (non-hydrogen) atoms. The molecular formula is C30H25NO5. The molecule has 1 fully saturated rings. The predicted octanol–water partition coefficient (Wildman–Crippen LogP) is 4.33. The zero-order valence-electron chi connectivity index (χ0n) is 20.0. The third-order valence-electron chi connectivity index (χ3n) is 8.13. The molecule has 4 unspecified atom stereocenters. The number of nitrogens with zero attached hydrogens (tertiary/aromatic N) is 1. The second-order valence-corrected chi connectivity index (χ2v) is 10.1. The van der Waals surface area contributed by atoms with Gasteiger partial charge in [0.2, 0.25) is 11.8 Å². The number of rotatable bonds is 2. The quantitative estimate of drug-likeness (QED) is 0.393. The maximum absolute atomic E-state index is 13.8. The average molecular weight is 480 g/mol. The summed E-state index contributed by atoms with van der Waals surface area (Å²) < 4.78 is 0. The number of anilines is 1. The lowest BCUT2D eigenvalue weighted by Crippen LogP contribution is -2.39. The first kappa shape index (κ1) is 22.4. The summed E-state index contributed by atoms with van der Waals surface area (Å²) >= 11 is 0. The number of fused-ring (bicyclic) bond motifs is 3. The molecule has 1 saturated heterocycles. The maximum Gasteiger partial charge on any atom is 0.238 e. The van der Waals surface area contributed by atoms with Crippen LogP contribution in [0.1, 0.15) is 36.8 Å². The number of ketones is 2. The molecule has 6 heteroatoms. The smallest absolute Gasteiger partial charge is 0.238 e. The molecule has 2 aromatic carbocycles. The highest BCUT2D eigenvalue weighted by Crippen LogP contribution is 2.55. The van der Waals surface area contributed by atoms with Crippen molar-refractivity contribution in [2.24, 2.45) is 17.8 Å². The first-order chi connectivity index (χ1) is 17.3. The highest BCUT2D eigenvalue weighted by molar-refractivity contribution is 6.25. The van der Waals surface area contributed by atoms with Gasteiger partial charge in [0.15, 0.2) is 11.6 Å². The van der Waals surface area contributed by atoms with E-state index in [1.54, 1.807) is 50.2 Å². The molecule has 1 N–H and O–H groups in total. The Morgan fingerprint density at radius 3 is 2.39 bits per heavy atom. The third-order valence-corrected chi connectivity index (χ3v) is 8.13. The second-order valence-electron chi connectivity index (χ2n) is 10.1. The first-order valence-corrected chi connectivity index (χ1v) is 12.2. The van der Waals surface area contributed by atoms with E-state index in [2.05, 4.69) is 0 Å². The summed E-state index contributed by atoms with van der Waals surface area (Å²) in [6, 6.07) is 14.1. The van der Waals surface area contributed by atoms with Gasteiger partial charge in [-0.15, -0.1) is 0 Å². The number of benzene rings is 2. The molecule has 1 aliphatic heterocycles. The van der Waals surface area contributed by atoms with Crippen LogP contribution in [0.15, 0.2) is 83.0 Å². The van der Waals surface area contributed by atoms with E-state index in [9.17, 15) is 24.3 Å². The van der Waals surface area contributed by atoms with E-state index in [4.69, 9.17) is 0 Å². The summed E-state index contributed by atoms with van der Waals surface area (Å²) in [4.78, 5) is 55.1. The predicted molar refractivity (Wildman–Crippen MR) is 133 cm³/mol. The van der Waals surface area contributed by atoms with Gasteiger partial charge in [-0.25, -0.2) is 0 Å². The van der Waals surface area contributed by atoms with E-state index in [0.717, 1.165) is 11.1 Å². The highest BCUT2D eigenvalue weighted by atomic mass is 16.3. The topological polar surface area (TPSA) is 91.8 Å². The molecule has 3 aliphatic carbocycles. The second kappa shape index (κ2) is 7.98. The van der Waals surface area contributed by atoms with Gasteiger partial charge in [-0.05, 0) is 68.0 Å². The monoisotopic (exact) mass is 479 g/mol. The van der Waals surface area contributed by atoms with Gasteiger partial charge in [0.25, 0.3) is 0 Å². The van der Waals surface area contributed by atoms with Crippen LogP contribution in [0, 0.1) is 24.7 Å². The number of para-hydroxylation sites is 1. The number of amides is 2. The minimum absolute atomic E-state index is 0.148. The number of aromatic hydroxyl groups is 1. The molecule has 0 aromatic heterocycles. The van der Waals surface area contributed by atoms with E-state index < -0.39 is 17.8 Å². The van der Waals surface area contributed by atoms with Crippen LogP contribution >= 0.6 is 0 Å². The molecule has 2 amide bonds. The number of hydrogen-bond acceptors (Lipinski definition) is 5. The zero-order chi connectivity index (χ0) is 25.3. The summed E-state index contributed by atoms with van der Waals surface area (Å²) in [6.07, 6.45) is 4.06. The van der Waals surface area contributed by atoms with Crippen LogP contribution in [-0.2, 0) is 19.2 Å². The van der Waals surface area contributed by atoms with Crippen LogP contribution < -0.4 is 4.90 Å². The Bertz CT molecular complexity index is 1460. The van der Waals surface area contributed by atoms with Gasteiger partial charge in [0, 0.05) is 22.6 Å². The van der Waals surface area contributed by atoms with Crippen molar-refractivity contribution >= 4 is 29.1 Å². The molecule has 6 rings (SSSR count). The number of phenolic OH excluding ortho intramolecular Hbond substituents is 1. The fourth-order valence-electron chi connectivity index (χ4n) is 6.45. The number of carbonyl (C=O) groups is 4. The number of allylic oxidation sites excluding steroid dienone is 6. The van der Waals surface area contributed by atoms with Crippen LogP contribution in [0.3, 0.4) is 0 Å².